The van der Waals surface area contributed by atoms with Gasteiger partial charge in [-0.2, -0.15) is 0 Å². The Bertz CT molecular complexity index is 772. The van der Waals surface area contributed by atoms with Gasteiger partial charge >= 0.3 is 0 Å². The van der Waals surface area contributed by atoms with E-state index in [0.29, 0.717) is 18.3 Å². The summed E-state index contributed by atoms with van der Waals surface area (Å²) in [5.74, 6) is 0.814. The van der Waals surface area contributed by atoms with Crippen LogP contribution in [0, 0.1) is 5.82 Å². The molecular formula is C16H17FN4O2S. The Morgan fingerprint density at radius 1 is 1.29 bits per heavy atom. The SMILES string of the molecule is COCCCn1cnnc1SCc1coc(-c2ccc(F)cc2)n1. The van der Waals surface area contributed by atoms with Crippen LogP contribution in [-0.4, -0.2) is 33.5 Å². The van der Waals surface area contributed by atoms with Gasteiger partial charge in [0.05, 0.1) is 5.69 Å². The molecule has 1 aromatic carbocycles. The van der Waals surface area contributed by atoms with Crippen molar-refractivity contribution in [1.82, 2.24) is 19.7 Å². The standard InChI is InChI=1S/C16H17FN4O2S/c1-22-8-2-7-21-11-18-20-16(21)24-10-14-9-23-15(19-14)12-3-5-13(17)6-4-12/h3-6,9,11H,2,7-8,10H2,1H3. The second-order valence-electron chi connectivity index (χ2n) is 5.09. The number of halogens is 1. The first-order valence-electron chi connectivity index (χ1n) is 7.46. The van der Waals surface area contributed by atoms with Crippen LogP contribution in [0.3, 0.4) is 0 Å². The maximum Gasteiger partial charge on any atom is 0.226 e. The summed E-state index contributed by atoms with van der Waals surface area (Å²) in [6.07, 6.45) is 4.23. The summed E-state index contributed by atoms with van der Waals surface area (Å²) in [6.45, 7) is 1.51. The second-order valence-corrected chi connectivity index (χ2v) is 6.04. The van der Waals surface area contributed by atoms with Crippen LogP contribution >= 0.6 is 11.8 Å². The van der Waals surface area contributed by atoms with E-state index in [1.165, 1.54) is 12.1 Å². The van der Waals surface area contributed by atoms with Gasteiger partial charge in [0.15, 0.2) is 5.16 Å². The molecule has 8 heteroatoms. The molecule has 0 unspecified atom stereocenters. The third-order valence-corrected chi connectivity index (χ3v) is 4.33. The van der Waals surface area contributed by atoms with E-state index in [1.807, 2.05) is 4.57 Å². The van der Waals surface area contributed by atoms with Crippen LogP contribution in [0.1, 0.15) is 12.1 Å². The van der Waals surface area contributed by atoms with Gasteiger partial charge in [-0.3, -0.25) is 0 Å². The van der Waals surface area contributed by atoms with Crippen LogP contribution in [0.5, 0.6) is 0 Å². The highest BCUT2D eigenvalue weighted by atomic mass is 32.2. The maximum absolute atomic E-state index is 13.0. The van der Waals surface area contributed by atoms with Crippen LogP contribution < -0.4 is 0 Å². The molecular weight excluding hydrogens is 331 g/mol. The Kier molecular flexibility index (Phi) is 5.60. The van der Waals surface area contributed by atoms with E-state index in [1.54, 1.807) is 43.6 Å². The Morgan fingerprint density at radius 3 is 2.92 bits per heavy atom. The molecule has 0 bridgehead atoms. The number of hydrogen-bond donors (Lipinski definition) is 0. The van der Waals surface area contributed by atoms with Gasteiger partial charge in [0, 0.05) is 31.6 Å². The molecule has 0 atom stereocenters. The van der Waals surface area contributed by atoms with Gasteiger partial charge in [-0.05, 0) is 30.7 Å². The van der Waals surface area contributed by atoms with Crippen molar-refractivity contribution >= 4 is 11.8 Å². The normalized spacial score (nSPS) is 11.1. The minimum atomic E-state index is -0.283. The predicted octanol–water partition coefficient (Wildman–Crippen LogP) is 3.40. The molecule has 126 valence electrons. The van der Waals surface area contributed by atoms with Gasteiger partial charge in [0.25, 0.3) is 0 Å². The van der Waals surface area contributed by atoms with Crippen LogP contribution in [0.15, 0.2) is 46.4 Å². The molecule has 0 fully saturated rings. The van der Waals surface area contributed by atoms with Crippen molar-refractivity contribution in [2.45, 2.75) is 23.9 Å². The zero-order valence-corrected chi connectivity index (χ0v) is 14.0. The average Bonchev–Trinajstić information content (AvgIpc) is 3.23. The number of oxazole rings is 1. The lowest BCUT2D eigenvalue weighted by Crippen LogP contribution is -2.02. The third-order valence-electron chi connectivity index (χ3n) is 3.32. The first kappa shape index (κ1) is 16.7. The van der Waals surface area contributed by atoms with Gasteiger partial charge in [0.2, 0.25) is 5.89 Å². The highest BCUT2D eigenvalue weighted by molar-refractivity contribution is 7.98. The molecule has 0 radical (unpaired) electrons. The zero-order chi connectivity index (χ0) is 16.8. The highest BCUT2D eigenvalue weighted by Crippen LogP contribution is 2.24. The summed E-state index contributed by atoms with van der Waals surface area (Å²) in [5, 5.41) is 8.90. The first-order valence-corrected chi connectivity index (χ1v) is 8.44. The van der Waals surface area contributed by atoms with Crippen LogP contribution in [0.2, 0.25) is 0 Å². The number of thioether (sulfide) groups is 1. The predicted molar refractivity (Wildman–Crippen MR) is 88.0 cm³/mol. The van der Waals surface area contributed by atoms with Crippen molar-refractivity contribution in [2.24, 2.45) is 0 Å². The maximum atomic E-state index is 13.0. The number of hydrogen-bond acceptors (Lipinski definition) is 6. The summed E-state index contributed by atoms with van der Waals surface area (Å²) in [4.78, 5) is 4.43. The summed E-state index contributed by atoms with van der Waals surface area (Å²) < 4.78 is 25.5. The number of rotatable bonds is 8. The van der Waals surface area contributed by atoms with E-state index in [4.69, 9.17) is 9.15 Å². The molecule has 0 N–H and O–H groups in total. The van der Waals surface area contributed by atoms with Crippen LogP contribution in [0.25, 0.3) is 11.5 Å². The minimum absolute atomic E-state index is 0.283. The molecule has 3 aromatic rings. The summed E-state index contributed by atoms with van der Waals surface area (Å²) >= 11 is 1.54. The van der Waals surface area contributed by atoms with E-state index in [-0.39, 0.29) is 5.82 Å². The van der Waals surface area contributed by atoms with Crippen molar-refractivity contribution < 1.29 is 13.5 Å². The van der Waals surface area contributed by atoms with E-state index < -0.39 is 0 Å². The summed E-state index contributed by atoms with van der Waals surface area (Å²) in [6, 6.07) is 6.06. The number of benzene rings is 1. The summed E-state index contributed by atoms with van der Waals surface area (Å²) in [5.41, 5.74) is 1.54. The largest absolute Gasteiger partial charge is 0.444 e. The van der Waals surface area contributed by atoms with Gasteiger partial charge in [-0.15, -0.1) is 10.2 Å². The lowest BCUT2D eigenvalue weighted by molar-refractivity contribution is 0.189. The quantitative estimate of drug-likeness (QED) is 0.459. The first-order chi connectivity index (χ1) is 11.8. The molecule has 24 heavy (non-hydrogen) atoms. The fourth-order valence-electron chi connectivity index (χ4n) is 2.13. The number of aryl methyl sites for hydroxylation is 1. The number of aromatic nitrogens is 4. The zero-order valence-electron chi connectivity index (χ0n) is 13.2. The molecule has 0 aliphatic rings. The molecule has 0 saturated heterocycles. The topological polar surface area (TPSA) is 66.0 Å². The Hall–Kier alpha value is -2.19. The number of ether oxygens (including phenoxy) is 1. The van der Waals surface area contributed by atoms with E-state index in [0.717, 1.165) is 29.4 Å². The Labute approximate surface area is 143 Å². The van der Waals surface area contributed by atoms with Gasteiger partial charge in [-0.25, -0.2) is 9.37 Å². The van der Waals surface area contributed by atoms with Crippen molar-refractivity contribution in [1.29, 1.82) is 0 Å². The molecule has 6 nitrogen and oxygen atoms in total. The van der Waals surface area contributed by atoms with E-state index in [2.05, 4.69) is 15.2 Å². The molecule has 0 aliphatic carbocycles. The fourth-order valence-corrected chi connectivity index (χ4v) is 2.94. The van der Waals surface area contributed by atoms with Gasteiger partial charge in [-0.1, -0.05) is 11.8 Å². The smallest absolute Gasteiger partial charge is 0.226 e. The van der Waals surface area contributed by atoms with Gasteiger partial charge < -0.3 is 13.7 Å². The molecule has 0 spiro atoms. The molecule has 2 aromatic heterocycles. The second kappa shape index (κ2) is 8.07. The molecule has 0 amide bonds. The van der Waals surface area contributed by atoms with E-state index >= 15 is 0 Å². The third kappa shape index (κ3) is 4.21. The van der Waals surface area contributed by atoms with Crippen LogP contribution in [-0.2, 0) is 17.0 Å². The highest BCUT2D eigenvalue weighted by Gasteiger charge is 2.10. The lowest BCUT2D eigenvalue weighted by atomic mass is 10.2. The minimum Gasteiger partial charge on any atom is -0.444 e. The molecule has 3 rings (SSSR count). The number of methoxy groups -OCH3 is 1. The molecule has 0 aliphatic heterocycles. The van der Waals surface area contributed by atoms with Gasteiger partial charge in [0.1, 0.15) is 18.4 Å². The van der Waals surface area contributed by atoms with Crippen molar-refractivity contribution in [3.8, 4) is 11.5 Å². The lowest BCUT2D eigenvalue weighted by Gasteiger charge is -2.04. The monoisotopic (exact) mass is 348 g/mol. The molecule has 0 saturated carbocycles. The summed E-state index contributed by atoms with van der Waals surface area (Å²) in [7, 11) is 1.69. The molecule has 2 heterocycles. The van der Waals surface area contributed by atoms with Crippen LogP contribution in [0.4, 0.5) is 4.39 Å². The fraction of sp³-hybridized carbons (Fsp3) is 0.312. The van der Waals surface area contributed by atoms with Crippen molar-refractivity contribution in [3.05, 3.63) is 48.4 Å². The number of nitrogens with zero attached hydrogens (tertiary/aromatic N) is 4. The average molecular weight is 348 g/mol. The van der Waals surface area contributed by atoms with Crippen molar-refractivity contribution in [2.75, 3.05) is 13.7 Å². The Morgan fingerprint density at radius 2 is 2.12 bits per heavy atom. The van der Waals surface area contributed by atoms with E-state index in [9.17, 15) is 4.39 Å². The van der Waals surface area contributed by atoms with Crippen molar-refractivity contribution in [3.63, 3.8) is 0 Å². The Balaban J connectivity index is 1.60.